The Morgan fingerprint density at radius 1 is 1.12 bits per heavy atom. The summed E-state index contributed by atoms with van der Waals surface area (Å²) < 4.78 is 1.58. The molecule has 7 heteroatoms. The van der Waals surface area contributed by atoms with Crippen molar-refractivity contribution in [1.29, 1.82) is 0 Å². The van der Waals surface area contributed by atoms with E-state index in [1.807, 2.05) is 44.2 Å². The molecule has 0 bridgehead atoms. The second kappa shape index (κ2) is 6.45. The largest absolute Gasteiger partial charge is 0.478 e. The van der Waals surface area contributed by atoms with Gasteiger partial charge in [0.15, 0.2) is 5.82 Å². The molecule has 0 unspecified atom stereocenters. The zero-order valence-electron chi connectivity index (χ0n) is 13.2. The molecule has 6 nitrogen and oxygen atoms in total. The third kappa shape index (κ3) is 3.16. The van der Waals surface area contributed by atoms with Gasteiger partial charge < -0.3 is 5.11 Å². The highest BCUT2D eigenvalue weighted by Crippen LogP contribution is 2.26. The third-order valence-electron chi connectivity index (χ3n) is 3.62. The molecule has 3 rings (SSSR count). The van der Waals surface area contributed by atoms with E-state index in [1.165, 1.54) is 0 Å². The van der Waals surface area contributed by atoms with Gasteiger partial charge in [0.25, 0.3) is 0 Å². The Kier molecular flexibility index (Phi) is 4.35. The van der Waals surface area contributed by atoms with E-state index in [4.69, 9.17) is 0 Å². The third-order valence-corrected chi connectivity index (χ3v) is 3.92. The van der Waals surface area contributed by atoms with E-state index in [-0.39, 0.29) is 11.5 Å². The van der Waals surface area contributed by atoms with Gasteiger partial charge in [0.2, 0.25) is 0 Å². The number of benzene rings is 2. The van der Waals surface area contributed by atoms with E-state index in [2.05, 4.69) is 28.2 Å². The van der Waals surface area contributed by atoms with Gasteiger partial charge in [0.05, 0.1) is 11.3 Å². The normalized spacial score (nSPS) is 11.0. The molecule has 1 heterocycles. The number of aromatic carboxylic acids is 1. The zero-order chi connectivity index (χ0) is 17.3. The fourth-order valence-corrected chi connectivity index (χ4v) is 2.56. The molecule has 0 saturated heterocycles. The Labute approximate surface area is 144 Å². The molecule has 0 atom stereocenters. The van der Waals surface area contributed by atoms with Gasteiger partial charge in [-0.1, -0.05) is 26.0 Å². The van der Waals surface area contributed by atoms with E-state index in [1.54, 1.807) is 16.8 Å². The maximum Gasteiger partial charge on any atom is 0.335 e. The van der Waals surface area contributed by atoms with Crippen LogP contribution in [-0.2, 0) is 0 Å². The maximum absolute atomic E-state index is 11.5. The Hall–Kier alpha value is -2.67. The highest BCUT2D eigenvalue weighted by molar-refractivity contribution is 7.80. The van der Waals surface area contributed by atoms with Gasteiger partial charge in [0.1, 0.15) is 0 Å². The van der Waals surface area contributed by atoms with Crippen LogP contribution in [0.4, 0.5) is 0 Å². The number of aromatic nitrogens is 4. The summed E-state index contributed by atoms with van der Waals surface area (Å²) in [5.41, 5.74) is 2.48. The minimum atomic E-state index is -0.997. The molecule has 1 aromatic heterocycles. The van der Waals surface area contributed by atoms with E-state index in [9.17, 15) is 9.90 Å². The Balaban J connectivity index is 2.18. The lowest BCUT2D eigenvalue weighted by Crippen LogP contribution is -2.07. The molecule has 122 valence electrons. The highest BCUT2D eigenvalue weighted by Gasteiger charge is 2.15. The molecular weight excluding hydrogens is 324 g/mol. The second-order valence-electron chi connectivity index (χ2n) is 5.72. The fourth-order valence-electron chi connectivity index (χ4n) is 2.42. The standard InChI is InChI=1S/C17H16N4O2S/c1-10(2)16-18-19-20-21(16)14-8-12(7-13(9-14)17(22)23)11-3-5-15(24)6-4-11/h3-10,24H,1-2H3,(H,22,23). The lowest BCUT2D eigenvalue weighted by molar-refractivity contribution is 0.0697. The minimum Gasteiger partial charge on any atom is -0.478 e. The average molecular weight is 340 g/mol. The van der Waals surface area contributed by atoms with Crippen LogP contribution in [0, 0.1) is 0 Å². The van der Waals surface area contributed by atoms with E-state index >= 15 is 0 Å². The van der Waals surface area contributed by atoms with Crippen LogP contribution >= 0.6 is 12.6 Å². The van der Waals surface area contributed by atoms with Crippen LogP contribution in [0.3, 0.4) is 0 Å². The first-order valence-corrected chi connectivity index (χ1v) is 7.87. The molecule has 0 spiro atoms. The summed E-state index contributed by atoms with van der Waals surface area (Å²) in [5.74, 6) is -0.210. The van der Waals surface area contributed by atoms with Crippen molar-refractivity contribution >= 4 is 18.6 Å². The van der Waals surface area contributed by atoms with Gasteiger partial charge in [-0.05, 0) is 51.9 Å². The molecule has 0 aliphatic heterocycles. The van der Waals surface area contributed by atoms with Crippen molar-refractivity contribution in [2.24, 2.45) is 0 Å². The predicted molar refractivity (Wildman–Crippen MR) is 92.9 cm³/mol. The molecule has 3 aromatic rings. The van der Waals surface area contributed by atoms with Crippen molar-refractivity contribution in [2.75, 3.05) is 0 Å². The lowest BCUT2D eigenvalue weighted by atomic mass is 10.0. The van der Waals surface area contributed by atoms with Crippen LogP contribution < -0.4 is 0 Å². The summed E-state index contributed by atoms with van der Waals surface area (Å²) in [5, 5.41) is 21.2. The summed E-state index contributed by atoms with van der Waals surface area (Å²) in [4.78, 5) is 12.3. The number of thiol groups is 1. The van der Waals surface area contributed by atoms with Crippen molar-refractivity contribution in [3.63, 3.8) is 0 Å². The highest BCUT2D eigenvalue weighted by atomic mass is 32.1. The molecular formula is C17H16N4O2S. The molecule has 0 radical (unpaired) electrons. The minimum absolute atomic E-state index is 0.111. The van der Waals surface area contributed by atoms with Crippen LogP contribution in [-0.4, -0.2) is 31.3 Å². The van der Waals surface area contributed by atoms with Crippen LogP contribution in [0.1, 0.15) is 35.9 Å². The monoisotopic (exact) mass is 340 g/mol. The van der Waals surface area contributed by atoms with E-state index in [0.29, 0.717) is 11.5 Å². The van der Waals surface area contributed by atoms with Gasteiger partial charge >= 0.3 is 5.97 Å². The molecule has 0 aliphatic carbocycles. The lowest BCUT2D eigenvalue weighted by Gasteiger charge is -2.11. The second-order valence-corrected chi connectivity index (χ2v) is 6.24. The van der Waals surface area contributed by atoms with Crippen LogP contribution in [0.25, 0.3) is 16.8 Å². The Morgan fingerprint density at radius 3 is 2.46 bits per heavy atom. The molecule has 0 amide bonds. The quantitative estimate of drug-likeness (QED) is 0.711. The van der Waals surface area contributed by atoms with Crippen molar-refractivity contribution < 1.29 is 9.90 Å². The number of rotatable bonds is 4. The van der Waals surface area contributed by atoms with E-state index in [0.717, 1.165) is 16.0 Å². The SMILES string of the molecule is CC(C)c1nnnn1-c1cc(C(=O)O)cc(-c2ccc(S)cc2)c1. The zero-order valence-corrected chi connectivity index (χ0v) is 14.1. The topological polar surface area (TPSA) is 80.9 Å². The van der Waals surface area contributed by atoms with Gasteiger partial charge in [-0.25, -0.2) is 4.79 Å². The molecule has 0 saturated carbocycles. The van der Waals surface area contributed by atoms with Crippen molar-refractivity contribution in [3.8, 4) is 16.8 Å². The maximum atomic E-state index is 11.5. The van der Waals surface area contributed by atoms with Gasteiger partial charge in [-0.3, -0.25) is 0 Å². The van der Waals surface area contributed by atoms with Crippen LogP contribution in [0.2, 0.25) is 0 Å². The molecule has 2 aromatic carbocycles. The number of nitrogens with zero attached hydrogens (tertiary/aromatic N) is 4. The summed E-state index contributed by atoms with van der Waals surface area (Å²) in [7, 11) is 0. The van der Waals surface area contributed by atoms with Crippen molar-refractivity contribution in [1.82, 2.24) is 20.2 Å². The number of hydrogen-bond donors (Lipinski definition) is 2. The first kappa shape index (κ1) is 16.2. The smallest absolute Gasteiger partial charge is 0.335 e. The predicted octanol–water partition coefficient (Wildman–Crippen LogP) is 3.44. The molecule has 1 N–H and O–H groups in total. The van der Waals surface area contributed by atoms with Crippen molar-refractivity contribution in [2.45, 2.75) is 24.7 Å². The number of tetrazole rings is 1. The van der Waals surface area contributed by atoms with Gasteiger partial charge in [-0.15, -0.1) is 17.7 Å². The number of hydrogen-bond acceptors (Lipinski definition) is 5. The first-order valence-electron chi connectivity index (χ1n) is 7.42. The van der Waals surface area contributed by atoms with Crippen molar-refractivity contribution in [3.05, 3.63) is 53.9 Å². The Bertz CT molecular complexity index is 888. The van der Waals surface area contributed by atoms with Gasteiger partial charge in [-0.2, -0.15) is 4.68 Å². The average Bonchev–Trinajstić information content (AvgIpc) is 3.05. The van der Waals surface area contributed by atoms with Crippen LogP contribution in [0.5, 0.6) is 0 Å². The summed E-state index contributed by atoms with van der Waals surface area (Å²) in [6.07, 6.45) is 0. The Morgan fingerprint density at radius 2 is 1.83 bits per heavy atom. The number of carboxylic acid groups (broad SMARTS) is 1. The van der Waals surface area contributed by atoms with Gasteiger partial charge in [0, 0.05) is 10.8 Å². The summed E-state index contributed by atoms with van der Waals surface area (Å²) >= 11 is 4.28. The summed E-state index contributed by atoms with van der Waals surface area (Å²) in [6, 6.07) is 12.6. The molecule has 0 fully saturated rings. The first-order chi connectivity index (χ1) is 11.5. The summed E-state index contributed by atoms with van der Waals surface area (Å²) in [6.45, 7) is 3.96. The molecule has 24 heavy (non-hydrogen) atoms. The number of carbonyl (C=O) groups is 1. The number of carboxylic acids is 1. The van der Waals surface area contributed by atoms with Crippen LogP contribution in [0.15, 0.2) is 47.4 Å². The van der Waals surface area contributed by atoms with E-state index < -0.39 is 5.97 Å². The molecule has 0 aliphatic rings. The fraction of sp³-hybridized carbons (Fsp3) is 0.176.